The summed E-state index contributed by atoms with van der Waals surface area (Å²) in [5.41, 5.74) is 0.584. The van der Waals surface area contributed by atoms with E-state index in [1.165, 1.54) is 12.1 Å². The number of likely N-dealkylation sites (N-methyl/N-ethyl adjacent to an activating group) is 1. The predicted molar refractivity (Wildman–Crippen MR) is 82.0 cm³/mol. The van der Waals surface area contributed by atoms with E-state index in [1.54, 1.807) is 12.1 Å². The first-order valence-electron chi connectivity index (χ1n) is 7.27. The summed E-state index contributed by atoms with van der Waals surface area (Å²) >= 11 is 0. The number of hydrogen-bond donors (Lipinski definition) is 2. The zero-order valence-corrected chi connectivity index (χ0v) is 12.6. The minimum absolute atomic E-state index is 0.0638. The SMILES string of the molecule is CC(CN1CCN(C)CC1)NC(=O)Nc1ccc(F)cc1. The molecule has 2 amide bonds. The molecule has 0 radical (unpaired) electrons. The Labute approximate surface area is 125 Å². The van der Waals surface area contributed by atoms with Gasteiger partial charge in [-0.1, -0.05) is 0 Å². The fourth-order valence-corrected chi connectivity index (χ4v) is 2.39. The normalized spacial score (nSPS) is 18.2. The molecule has 2 N–H and O–H groups in total. The number of piperazine rings is 1. The number of rotatable bonds is 4. The minimum atomic E-state index is -0.315. The van der Waals surface area contributed by atoms with Crippen molar-refractivity contribution in [3.05, 3.63) is 30.1 Å². The number of carbonyl (C=O) groups excluding carboxylic acids is 1. The molecule has 0 saturated carbocycles. The average Bonchev–Trinajstić information content (AvgIpc) is 2.44. The van der Waals surface area contributed by atoms with Gasteiger partial charge in [-0.05, 0) is 38.2 Å². The third-order valence-electron chi connectivity index (χ3n) is 3.61. The molecule has 1 aliphatic heterocycles. The number of halogens is 1. The van der Waals surface area contributed by atoms with Gasteiger partial charge in [-0.25, -0.2) is 9.18 Å². The van der Waals surface area contributed by atoms with E-state index in [9.17, 15) is 9.18 Å². The number of carbonyl (C=O) groups is 1. The van der Waals surface area contributed by atoms with Crippen LogP contribution in [0.25, 0.3) is 0 Å². The number of urea groups is 1. The lowest BCUT2D eigenvalue weighted by Crippen LogP contribution is -2.50. The van der Waals surface area contributed by atoms with Gasteiger partial charge < -0.3 is 15.5 Å². The van der Waals surface area contributed by atoms with Gasteiger partial charge in [0.2, 0.25) is 0 Å². The van der Waals surface area contributed by atoms with Crippen molar-refractivity contribution in [3.8, 4) is 0 Å². The van der Waals surface area contributed by atoms with Gasteiger partial charge in [0.25, 0.3) is 0 Å². The summed E-state index contributed by atoms with van der Waals surface area (Å²) < 4.78 is 12.8. The first kappa shape index (κ1) is 15.7. The largest absolute Gasteiger partial charge is 0.334 e. The number of nitrogens with one attached hydrogen (secondary N) is 2. The van der Waals surface area contributed by atoms with Crippen molar-refractivity contribution < 1.29 is 9.18 Å². The van der Waals surface area contributed by atoms with Crippen LogP contribution in [0.15, 0.2) is 24.3 Å². The molecule has 1 atom stereocenters. The van der Waals surface area contributed by atoms with Gasteiger partial charge in [-0.2, -0.15) is 0 Å². The smallest absolute Gasteiger partial charge is 0.319 e. The van der Waals surface area contributed by atoms with Gasteiger partial charge in [-0.15, -0.1) is 0 Å². The topological polar surface area (TPSA) is 47.6 Å². The molecular formula is C15H23FN4O. The molecule has 1 saturated heterocycles. The molecule has 1 fully saturated rings. The van der Waals surface area contributed by atoms with E-state index in [-0.39, 0.29) is 17.9 Å². The number of benzene rings is 1. The second-order valence-electron chi connectivity index (χ2n) is 5.61. The molecule has 0 aliphatic carbocycles. The lowest BCUT2D eigenvalue weighted by atomic mass is 10.2. The monoisotopic (exact) mass is 294 g/mol. The van der Waals surface area contributed by atoms with E-state index < -0.39 is 0 Å². The second kappa shape index (κ2) is 7.38. The number of hydrogen-bond acceptors (Lipinski definition) is 3. The molecule has 0 bridgehead atoms. The third-order valence-corrected chi connectivity index (χ3v) is 3.61. The lowest BCUT2D eigenvalue weighted by Gasteiger charge is -2.34. The van der Waals surface area contributed by atoms with Crippen LogP contribution < -0.4 is 10.6 Å². The van der Waals surface area contributed by atoms with Gasteiger partial charge in [0, 0.05) is 44.5 Å². The van der Waals surface area contributed by atoms with Crippen molar-refractivity contribution in [2.45, 2.75) is 13.0 Å². The molecule has 6 heteroatoms. The average molecular weight is 294 g/mol. The van der Waals surface area contributed by atoms with Crippen molar-refractivity contribution >= 4 is 11.7 Å². The van der Waals surface area contributed by atoms with Crippen LogP contribution in [0.3, 0.4) is 0 Å². The summed E-state index contributed by atoms with van der Waals surface area (Å²) in [6.45, 7) is 7.01. The highest BCUT2D eigenvalue weighted by atomic mass is 19.1. The van der Waals surface area contributed by atoms with Crippen molar-refractivity contribution in [2.24, 2.45) is 0 Å². The zero-order valence-electron chi connectivity index (χ0n) is 12.6. The van der Waals surface area contributed by atoms with E-state index in [4.69, 9.17) is 0 Å². The van der Waals surface area contributed by atoms with Crippen LogP contribution in [0.1, 0.15) is 6.92 Å². The number of amides is 2. The molecule has 1 unspecified atom stereocenters. The van der Waals surface area contributed by atoms with E-state index in [1.807, 2.05) is 6.92 Å². The van der Waals surface area contributed by atoms with Gasteiger partial charge >= 0.3 is 6.03 Å². The maximum atomic E-state index is 12.8. The summed E-state index contributed by atoms with van der Waals surface area (Å²) in [6.07, 6.45) is 0. The van der Waals surface area contributed by atoms with E-state index in [0.29, 0.717) is 5.69 Å². The van der Waals surface area contributed by atoms with E-state index >= 15 is 0 Å². The Hall–Kier alpha value is -1.66. The third kappa shape index (κ3) is 5.32. The van der Waals surface area contributed by atoms with Crippen LogP contribution >= 0.6 is 0 Å². The molecular weight excluding hydrogens is 271 g/mol. The minimum Gasteiger partial charge on any atom is -0.334 e. The lowest BCUT2D eigenvalue weighted by molar-refractivity contribution is 0.145. The Morgan fingerprint density at radius 3 is 2.48 bits per heavy atom. The van der Waals surface area contributed by atoms with Crippen molar-refractivity contribution in [1.29, 1.82) is 0 Å². The number of nitrogens with zero attached hydrogens (tertiary/aromatic N) is 2. The molecule has 21 heavy (non-hydrogen) atoms. The highest BCUT2D eigenvalue weighted by Gasteiger charge is 2.17. The van der Waals surface area contributed by atoms with Crippen LogP contribution in [0.4, 0.5) is 14.9 Å². The van der Waals surface area contributed by atoms with Crippen LogP contribution in [-0.2, 0) is 0 Å². The van der Waals surface area contributed by atoms with Gasteiger partial charge in [0.15, 0.2) is 0 Å². The molecule has 5 nitrogen and oxygen atoms in total. The first-order valence-corrected chi connectivity index (χ1v) is 7.27. The first-order chi connectivity index (χ1) is 10.0. The second-order valence-corrected chi connectivity index (χ2v) is 5.61. The highest BCUT2D eigenvalue weighted by Crippen LogP contribution is 2.08. The quantitative estimate of drug-likeness (QED) is 0.886. The summed E-state index contributed by atoms with van der Waals surface area (Å²) in [6, 6.07) is 5.53. The van der Waals surface area contributed by atoms with Gasteiger partial charge in [0.1, 0.15) is 5.82 Å². The molecule has 1 aliphatic rings. The molecule has 1 aromatic carbocycles. The fraction of sp³-hybridized carbons (Fsp3) is 0.533. The van der Waals surface area contributed by atoms with Crippen molar-refractivity contribution in [3.63, 3.8) is 0 Å². The molecule has 2 rings (SSSR count). The van der Waals surface area contributed by atoms with Crippen LogP contribution in [0, 0.1) is 5.82 Å². The van der Waals surface area contributed by atoms with Crippen molar-refractivity contribution in [2.75, 3.05) is 45.1 Å². The molecule has 1 aromatic rings. The Balaban J connectivity index is 1.73. The Kier molecular flexibility index (Phi) is 5.52. The highest BCUT2D eigenvalue weighted by molar-refractivity contribution is 5.89. The molecule has 0 aromatic heterocycles. The van der Waals surface area contributed by atoms with Gasteiger partial charge in [0.05, 0.1) is 0 Å². The summed E-state index contributed by atoms with van der Waals surface area (Å²) in [5.74, 6) is -0.315. The maximum absolute atomic E-state index is 12.8. The van der Waals surface area contributed by atoms with Gasteiger partial charge in [-0.3, -0.25) is 4.90 Å². The van der Waals surface area contributed by atoms with Crippen molar-refractivity contribution in [1.82, 2.24) is 15.1 Å². The number of anilines is 1. The molecule has 116 valence electrons. The van der Waals surface area contributed by atoms with E-state index in [2.05, 4.69) is 27.5 Å². The molecule has 0 spiro atoms. The van der Waals surface area contributed by atoms with E-state index in [0.717, 1.165) is 32.7 Å². The van der Waals surface area contributed by atoms with Crippen LogP contribution in [0.5, 0.6) is 0 Å². The Morgan fingerprint density at radius 2 is 1.86 bits per heavy atom. The Bertz CT molecular complexity index is 457. The Morgan fingerprint density at radius 1 is 1.24 bits per heavy atom. The standard InChI is InChI=1S/C15H23FN4O/c1-12(11-20-9-7-19(2)8-10-20)17-15(21)18-14-5-3-13(16)4-6-14/h3-6,12H,7-11H2,1-2H3,(H2,17,18,21). The maximum Gasteiger partial charge on any atom is 0.319 e. The zero-order chi connectivity index (χ0) is 15.2. The summed E-state index contributed by atoms with van der Waals surface area (Å²) in [5, 5.41) is 5.60. The predicted octanol–water partition coefficient (Wildman–Crippen LogP) is 1.58. The summed E-state index contributed by atoms with van der Waals surface area (Å²) in [4.78, 5) is 16.5. The molecule has 1 heterocycles. The fourth-order valence-electron chi connectivity index (χ4n) is 2.39. The van der Waals surface area contributed by atoms with Crippen LogP contribution in [-0.4, -0.2) is 61.6 Å². The van der Waals surface area contributed by atoms with Crippen LogP contribution in [0.2, 0.25) is 0 Å². The summed E-state index contributed by atoms with van der Waals surface area (Å²) in [7, 11) is 2.12.